The molecule has 1 aromatic carbocycles. The predicted molar refractivity (Wildman–Crippen MR) is 72.1 cm³/mol. The van der Waals surface area contributed by atoms with Gasteiger partial charge >= 0.3 is 0 Å². The van der Waals surface area contributed by atoms with Gasteiger partial charge in [-0.3, -0.25) is 0 Å². The second kappa shape index (κ2) is 6.05. The van der Waals surface area contributed by atoms with Gasteiger partial charge in [0.2, 0.25) is 0 Å². The van der Waals surface area contributed by atoms with Crippen LogP contribution in [0.1, 0.15) is 57.6 Å². The molecule has 1 unspecified atom stereocenters. The highest BCUT2D eigenvalue weighted by atomic mass is 14.9. The van der Waals surface area contributed by atoms with Crippen molar-refractivity contribution in [1.29, 1.82) is 0 Å². The Bertz CT molecular complexity index is 298. The average molecular weight is 219 g/mol. The Morgan fingerprint density at radius 2 is 1.38 bits per heavy atom. The number of hydrogen-bond acceptors (Lipinski definition) is 1. The fourth-order valence-electron chi connectivity index (χ4n) is 1.74. The van der Waals surface area contributed by atoms with Crippen molar-refractivity contribution in [2.45, 2.75) is 52.5 Å². The summed E-state index contributed by atoms with van der Waals surface area (Å²) in [6, 6.07) is 9.61. The highest BCUT2D eigenvalue weighted by Gasteiger charge is 2.06. The van der Waals surface area contributed by atoms with Crippen molar-refractivity contribution in [2.24, 2.45) is 0 Å². The van der Waals surface area contributed by atoms with E-state index in [2.05, 4.69) is 64.2 Å². The molecular weight excluding hydrogens is 194 g/mol. The molecule has 0 bridgehead atoms. The van der Waals surface area contributed by atoms with E-state index in [0.29, 0.717) is 17.9 Å². The molecule has 0 saturated heterocycles. The first-order valence-electron chi connectivity index (χ1n) is 6.34. The van der Waals surface area contributed by atoms with Crippen LogP contribution in [0.3, 0.4) is 0 Å². The van der Waals surface area contributed by atoms with E-state index >= 15 is 0 Å². The summed E-state index contributed by atoms with van der Waals surface area (Å²) in [6.07, 6.45) is 0. The fourth-order valence-corrected chi connectivity index (χ4v) is 1.74. The zero-order valence-electron chi connectivity index (χ0n) is 11.2. The molecule has 0 aliphatic heterocycles. The summed E-state index contributed by atoms with van der Waals surface area (Å²) in [7, 11) is 0. The Kier molecular flexibility index (Phi) is 5.01. The van der Waals surface area contributed by atoms with Crippen molar-refractivity contribution < 1.29 is 0 Å². The molecule has 1 heteroatoms. The summed E-state index contributed by atoms with van der Waals surface area (Å²) < 4.78 is 0. The lowest BCUT2D eigenvalue weighted by atomic mass is 9.96. The predicted octanol–water partition coefficient (Wildman–Crippen LogP) is 3.91. The Labute approximate surface area is 100 Å². The summed E-state index contributed by atoms with van der Waals surface area (Å²) in [4.78, 5) is 0. The molecule has 0 aromatic heterocycles. The van der Waals surface area contributed by atoms with Gasteiger partial charge in [-0.15, -0.1) is 0 Å². The molecular formula is C15H25N. The number of benzene rings is 1. The lowest BCUT2D eigenvalue weighted by Gasteiger charge is -2.16. The van der Waals surface area contributed by atoms with Crippen molar-refractivity contribution in [3.63, 3.8) is 0 Å². The van der Waals surface area contributed by atoms with Crippen molar-refractivity contribution in [3.8, 4) is 0 Å². The van der Waals surface area contributed by atoms with E-state index in [1.54, 1.807) is 0 Å². The molecule has 1 atom stereocenters. The molecule has 1 nitrogen and oxygen atoms in total. The third kappa shape index (κ3) is 3.97. The van der Waals surface area contributed by atoms with Gasteiger partial charge in [0, 0.05) is 12.6 Å². The Morgan fingerprint density at radius 1 is 0.875 bits per heavy atom. The normalized spacial score (nSPS) is 13.4. The second-order valence-corrected chi connectivity index (χ2v) is 5.29. The van der Waals surface area contributed by atoms with Crippen LogP contribution in [-0.4, -0.2) is 12.6 Å². The molecule has 0 spiro atoms. The zero-order valence-corrected chi connectivity index (χ0v) is 11.2. The molecule has 0 aliphatic carbocycles. The molecule has 1 N–H and O–H groups in total. The van der Waals surface area contributed by atoms with Crippen LogP contribution in [0, 0.1) is 0 Å². The average Bonchev–Trinajstić information content (AvgIpc) is 2.26. The molecule has 16 heavy (non-hydrogen) atoms. The smallest absolute Gasteiger partial charge is 0.00198 e. The van der Waals surface area contributed by atoms with E-state index in [9.17, 15) is 0 Å². The molecule has 0 fully saturated rings. The number of rotatable bonds is 5. The van der Waals surface area contributed by atoms with Crippen molar-refractivity contribution in [3.05, 3.63) is 35.4 Å². The summed E-state index contributed by atoms with van der Waals surface area (Å²) in [5.41, 5.74) is 2.85. The van der Waals surface area contributed by atoms with Gasteiger partial charge in [0.05, 0.1) is 0 Å². The van der Waals surface area contributed by atoms with Gasteiger partial charge in [-0.05, 0) is 23.0 Å². The summed E-state index contributed by atoms with van der Waals surface area (Å²) in [5.74, 6) is 1.21. The summed E-state index contributed by atoms with van der Waals surface area (Å²) in [5, 5.41) is 3.48. The van der Waals surface area contributed by atoms with E-state index < -0.39 is 0 Å². The van der Waals surface area contributed by atoms with Crippen LogP contribution in [0.5, 0.6) is 0 Å². The van der Waals surface area contributed by atoms with Gasteiger partial charge in [0.1, 0.15) is 0 Å². The number of hydrogen-bond donors (Lipinski definition) is 1. The third-order valence-corrected chi connectivity index (χ3v) is 3.00. The van der Waals surface area contributed by atoms with Crippen LogP contribution < -0.4 is 5.32 Å². The molecule has 0 heterocycles. The maximum absolute atomic E-state index is 3.48. The van der Waals surface area contributed by atoms with Gasteiger partial charge in [0.15, 0.2) is 0 Å². The molecule has 0 amide bonds. The Morgan fingerprint density at radius 3 is 1.81 bits per heavy atom. The van der Waals surface area contributed by atoms with Gasteiger partial charge < -0.3 is 5.32 Å². The van der Waals surface area contributed by atoms with E-state index in [1.165, 1.54) is 11.1 Å². The van der Waals surface area contributed by atoms with Gasteiger partial charge in [-0.2, -0.15) is 0 Å². The monoisotopic (exact) mass is 219 g/mol. The Balaban J connectivity index is 2.59. The second-order valence-electron chi connectivity index (χ2n) is 5.29. The lowest BCUT2D eigenvalue weighted by molar-refractivity contribution is 0.548. The maximum atomic E-state index is 3.48. The minimum absolute atomic E-state index is 0.567. The standard InChI is InChI=1S/C15H25N/c1-11(2)14-6-8-15(9-7-14)13(5)10-16-12(3)4/h6-9,11-13,16H,10H2,1-5H3. The molecule has 90 valence electrons. The molecule has 1 aromatic rings. The minimum atomic E-state index is 0.567. The topological polar surface area (TPSA) is 12.0 Å². The molecule has 0 radical (unpaired) electrons. The highest BCUT2D eigenvalue weighted by Crippen LogP contribution is 2.19. The van der Waals surface area contributed by atoms with E-state index in [0.717, 1.165) is 6.54 Å². The first-order valence-corrected chi connectivity index (χ1v) is 6.34. The SMILES string of the molecule is CC(C)NCC(C)c1ccc(C(C)C)cc1. The van der Waals surface area contributed by atoms with Crippen LogP contribution in [0.2, 0.25) is 0 Å². The first-order chi connectivity index (χ1) is 7.50. The first kappa shape index (κ1) is 13.2. The van der Waals surface area contributed by atoms with Crippen molar-refractivity contribution in [1.82, 2.24) is 5.32 Å². The van der Waals surface area contributed by atoms with Crippen LogP contribution in [0.25, 0.3) is 0 Å². The van der Waals surface area contributed by atoms with E-state index in [1.807, 2.05) is 0 Å². The van der Waals surface area contributed by atoms with Crippen molar-refractivity contribution >= 4 is 0 Å². The van der Waals surface area contributed by atoms with Crippen LogP contribution >= 0.6 is 0 Å². The van der Waals surface area contributed by atoms with Crippen LogP contribution in [0.4, 0.5) is 0 Å². The highest BCUT2D eigenvalue weighted by molar-refractivity contribution is 5.27. The van der Waals surface area contributed by atoms with Crippen LogP contribution in [0.15, 0.2) is 24.3 Å². The maximum Gasteiger partial charge on any atom is 0.00198 e. The molecule has 0 aliphatic rings. The summed E-state index contributed by atoms with van der Waals surface area (Å²) in [6.45, 7) is 12.2. The molecule has 0 saturated carbocycles. The molecule has 1 rings (SSSR count). The van der Waals surface area contributed by atoms with Crippen molar-refractivity contribution in [2.75, 3.05) is 6.54 Å². The van der Waals surface area contributed by atoms with Gasteiger partial charge in [-0.1, -0.05) is 58.9 Å². The van der Waals surface area contributed by atoms with Crippen LogP contribution in [-0.2, 0) is 0 Å². The van der Waals surface area contributed by atoms with E-state index in [-0.39, 0.29) is 0 Å². The minimum Gasteiger partial charge on any atom is -0.314 e. The third-order valence-electron chi connectivity index (χ3n) is 3.00. The number of nitrogens with one attached hydrogen (secondary N) is 1. The fraction of sp³-hybridized carbons (Fsp3) is 0.600. The van der Waals surface area contributed by atoms with Gasteiger partial charge in [0.25, 0.3) is 0 Å². The van der Waals surface area contributed by atoms with E-state index in [4.69, 9.17) is 0 Å². The quantitative estimate of drug-likeness (QED) is 0.791. The Hall–Kier alpha value is -0.820. The zero-order chi connectivity index (χ0) is 12.1. The largest absolute Gasteiger partial charge is 0.314 e. The summed E-state index contributed by atoms with van der Waals surface area (Å²) >= 11 is 0. The lowest BCUT2D eigenvalue weighted by Crippen LogP contribution is -2.26. The van der Waals surface area contributed by atoms with Gasteiger partial charge in [-0.25, -0.2) is 0 Å².